The molecule has 0 amide bonds. The SMILES string of the molecule is CCc1ccc(-n2c(-c3cccc(Br)c3)nc3nc4ccccc4nc32)cc1. The molecule has 2 heterocycles. The average molecular weight is 429 g/mol. The number of hydrogen-bond donors (Lipinski definition) is 0. The van der Waals surface area contributed by atoms with E-state index >= 15 is 0 Å². The van der Waals surface area contributed by atoms with Crippen molar-refractivity contribution in [1.29, 1.82) is 0 Å². The molecule has 0 bridgehead atoms. The minimum Gasteiger partial charge on any atom is -0.275 e. The predicted octanol–water partition coefficient (Wildman–Crippen LogP) is 5.96. The van der Waals surface area contributed by atoms with E-state index < -0.39 is 0 Å². The molecular weight excluding hydrogens is 412 g/mol. The van der Waals surface area contributed by atoms with E-state index in [0.29, 0.717) is 5.65 Å². The van der Waals surface area contributed by atoms with Crippen molar-refractivity contribution in [2.75, 3.05) is 0 Å². The Hall–Kier alpha value is -3.05. The van der Waals surface area contributed by atoms with Gasteiger partial charge >= 0.3 is 0 Å². The number of benzene rings is 3. The van der Waals surface area contributed by atoms with Gasteiger partial charge in [0.2, 0.25) is 0 Å². The quantitative estimate of drug-likeness (QED) is 0.356. The number of para-hydroxylation sites is 2. The minimum absolute atomic E-state index is 0.647. The number of aryl methyl sites for hydroxylation is 1. The topological polar surface area (TPSA) is 43.6 Å². The van der Waals surface area contributed by atoms with Gasteiger partial charge < -0.3 is 0 Å². The van der Waals surface area contributed by atoms with Gasteiger partial charge in [-0.2, -0.15) is 0 Å². The van der Waals surface area contributed by atoms with Crippen LogP contribution in [0.3, 0.4) is 0 Å². The summed E-state index contributed by atoms with van der Waals surface area (Å²) >= 11 is 3.57. The lowest BCUT2D eigenvalue weighted by Crippen LogP contribution is -1.99. The number of aromatic nitrogens is 4. The monoisotopic (exact) mass is 428 g/mol. The van der Waals surface area contributed by atoms with E-state index in [1.807, 2.05) is 36.4 Å². The minimum atomic E-state index is 0.647. The van der Waals surface area contributed by atoms with E-state index in [1.54, 1.807) is 0 Å². The Kier molecular flexibility index (Phi) is 4.17. The fraction of sp³-hybridized carbons (Fsp3) is 0.0870. The molecule has 0 saturated heterocycles. The van der Waals surface area contributed by atoms with Crippen molar-refractivity contribution >= 4 is 38.3 Å². The van der Waals surface area contributed by atoms with Gasteiger partial charge in [-0.25, -0.2) is 15.0 Å². The van der Waals surface area contributed by atoms with Gasteiger partial charge in [0.1, 0.15) is 5.82 Å². The zero-order chi connectivity index (χ0) is 19.1. The third-order valence-corrected chi connectivity index (χ3v) is 5.35. The highest BCUT2D eigenvalue weighted by Crippen LogP contribution is 2.29. The van der Waals surface area contributed by atoms with E-state index in [1.165, 1.54) is 5.56 Å². The molecular formula is C23H17BrN4. The third kappa shape index (κ3) is 2.88. The van der Waals surface area contributed by atoms with Gasteiger partial charge in [-0.05, 0) is 48.4 Å². The Morgan fingerprint density at radius 2 is 1.57 bits per heavy atom. The van der Waals surface area contributed by atoms with Crippen molar-refractivity contribution in [2.45, 2.75) is 13.3 Å². The number of imidazole rings is 1. The summed E-state index contributed by atoms with van der Waals surface area (Å²) in [5.74, 6) is 0.829. The van der Waals surface area contributed by atoms with Crippen LogP contribution in [-0.2, 0) is 6.42 Å². The Labute approximate surface area is 171 Å². The summed E-state index contributed by atoms with van der Waals surface area (Å²) in [7, 11) is 0. The number of hydrogen-bond acceptors (Lipinski definition) is 3. The van der Waals surface area contributed by atoms with Gasteiger partial charge in [0, 0.05) is 15.7 Å². The molecule has 3 aromatic carbocycles. The molecule has 2 aromatic heterocycles. The lowest BCUT2D eigenvalue weighted by atomic mass is 10.1. The molecule has 0 saturated carbocycles. The largest absolute Gasteiger partial charge is 0.275 e. The first-order valence-electron chi connectivity index (χ1n) is 9.23. The van der Waals surface area contributed by atoms with Crippen LogP contribution in [0.15, 0.2) is 77.3 Å². The van der Waals surface area contributed by atoms with Crippen LogP contribution in [0.25, 0.3) is 39.4 Å². The van der Waals surface area contributed by atoms with Gasteiger partial charge in [-0.1, -0.05) is 59.3 Å². The maximum Gasteiger partial charge on any atom is 0.199 e. The maximum atomic E-state index is 4.89. The molecule has 0 aliphatic heterocycles. The van der Waals surface area contributed by atoms with E-state index in [0.717, 1.165) is 44.6 Å². The first kappa shape index (κ1) is 17.1. The second-order valence-electron chi connectivity index (χ2n) is 6.66. The molecule has 28 heavy (non-hydrogen) atoms. The van der Waals surface area contributed by atoms with Crippen molar-refractivity contribution in [3.63, 3.8) is 0 Å². The third-order valence-electron chi connectivity index (χ3n) is 4.86. The molecule has 5 rings (SSSR count). The Balaban J connectivity index is 1.84. The van der Waals surface area contributed by atoms with Crippen molar-refractivity contribution in [2.24, 2.45) is 0 Å². The highest BCUT2D eigenvalue weighted by molar-refractivity contribution is 9.10. The summed E-state index contributed by atoms with van der Waals surface area (Å²) in [6, 6.07) is 24.6. The van der Waals surface area contributed by atoms with Crippen molar-refractivity contribution in [3.8, 4) is 17.1 Å². The predicted molar refractivity (Wildman–Crippen MR) is 117 cm³/mol. The zero-order valence-corrected chi connectivity index (χ0v) is 16.9. The number of nitrogens with zero attached hydrogens (tertiary/aromatic N) is 4. The Bertz CT molecular complexity index is 1310. The Morgan fingerprint density at radius 1 is 0.821 bits per heavy atom. The molecule has 4 nitrogen and oxygen atoms in total. The fourth-order valence-corrected chi connectivity index (χ4v) is 3.80. The van der Waals surface area contributed by atoms with Crippen LogP contribution >= 0.6 is 15.9 Å². The molecule has 5 heteroatoms. The van der Waals surface area contributed by atoms with Gasteiger partial charge in [0.05, 0.1) is 11.0 Å². The molecule has 0 fully saturated rings. The van der Waals surface area contributed by atoms with E-state index in [4.69, 9.17) is 15.0 Å². The molecule has 0 spiro atoms. The van der Waals surface area contributed by atoms with Crippen LogP contribution in [0.2, 0.25) is 0 Å². The van der Waals surface area contributed by atoms with E-state index in [9.17, 15) is 0 Å². The van der Waals surface area contributed by atoms with Gasteiger partial charge in [-0.15, -0.1) is 0 Å². The molecule has 5 aromatic rings. The highest BCUT2D eigenvalue weighted by Gasteiger charge is 2.17. The van der Waals surface area contributed by atoms with Crippen molar-refractivity contribution < 1.29 is 0 Å². The normalized spacial score (nSPS) is 11.4. The summed E-state index contributed by atoms with van der Waals surface area (Å²) in [5.41, 5.74) is 6.46. The summed E-state index contributed by atoms with van der Waals surface area (Å²) < 4.78 is 3.10. The highest BCUT2D eigenvalue weighted by atomic mass is 79.9. The van der Waals surface area contributed by atoms with E-state index in [-0.39, 0.29) is 0 Å². The molecule has 0 N–H and O–H groups in total. The lowest BCUT2D eigenvalue weighted by Gasteiger charge is -2.10. The van der Waals surface area contributed by atoms with Crippen LogP contribution in [0.5, 0.6) is 0 Å². The fourth-order valence-electron chi connectivity index (χ4n) is 3.40. The second kappa shape index (κ2) is 6.84. The van der Waals surface area contributed by atoms with Crippen molar-refractivity contribution in [3.05, 3.63) is 82.8 Å². The molecule has 0 aliphatic carbocycles. The van der Waals surface area contributed by atoms with Crippen LogP contribution in [-0.4, -0.2) is 19.5 Å². The molecule has 0 radical (unpaired) electrons. The van der Waals surface area contributed by atoms with Crippen LogP contribution < -0.4 is 0 Å². The maximum absolute atomic E-state index is 4.89. The van der Waals surface area contributed by atoms with Crippen LogP contribution in [0, 0.1) is 0 Å². The molecule has 0 unspecified atom stereocenters. The van der Waals surface area contributed by atoms with Gasteiger partial charge in [-0.3, -0.25) is 4.57 Å². The van der Waals surface area contributed by atoms with Crippen LogP contribution in [0.1, 0.15) is 12.5 Å². The summed E-state index contributed by atoms with van der Waals surface area (Å²) in [5, 5.41) is 0. The average Bonchev–Trinajstić information content (AvgIpc) is 3.10. The first-order chi connectivity index (χ1) is 13.7. The standard InChI is InChI=1S/C23H17BrN4/c1-2-15-10-12-18(13-11-15)28-22(16-6-5-7-17(24)14-16)27-21-23(28)26-20-9-4-3-8-19(20)25-21/h3-14H,2H2,1H3. The number of halogens is 1. The second-order valence-corrected chi connectivity index (χ2v) is 7.58. The summed E-state index contributed by atoms with van der Waals surface area (Å²) in [6.07, 6.45) is 1.01. The van der Waals surface area contributed by atoms with E-state index in [2.05, 4.69) is 63.8 Å². The summed E-state index contributed by atoms with van der Waals surface area (Å²) in [6.45, 7) is 2.16. The van der Waals surface area contributed by atoms with Gasteiger partial charge in [0.25, 0.3) is 0 Å². The number of rotatable bonds is 3. The molecule has 0 aliphatic rings. The van der Waals surface area contributed by atoms with Gasteiger partial charge in [0.15, 0.2) is 11.3 Å². The molecule has 0 atom stereocenters. The van der Waals surface area contributed by atoms with Crippen molar-refractivity contribution in [1.82, 2.24) is 19.5 Å². The van der Waals surface area contributed by atoms with Crippen LogP contribution in [0.4, 0.5) is 0 Å². The smallest absolute Gasteiger partial charge is 0.199 e. The molecule has 136 valence electrons. The lowest BCUT2D eigenvalue weighted by molar-refractivity contribution is 1.07. The summed E-state index contributed by atoms with van der Waals surface area (Å²) in [4.78, 5) is 14.5. The Morgan fingerprint density at radius 3 is 2.29 bits per heavy atom. The first-order valence-corrected chi connectivity index (χ1v) is 10.0. The zero-order valence-electron chi connectivity index (χ0n) is 15.3. The number of fused-ring (bicyclic) bond motifs is 2.